The van der Waals surface area contributed by atoms with Crippen molar-refractivity contribution in [3.63, 3.8) is 0 Å². The van der Waals surface area contributed by atoms with E-state index in [1.54, 1.807) is 9.13 Å². The molecule has 0 radical (unpaired) electrons. The molecule has 9 rings (SSSR count). The number of para-hydroxylation sites is 4. The lowest BCUT2D eigenvalue weighted by Gasteiger charge is -2.11. The molecule has 5 heterocycles. The molecular weight excluding hydrogens is 524 g/mol. The molecule has 4 aromatic carbocycles. The summed E-state index contributed by atoms with van der Waals surface area (Å²) in [6, 6.07) is 35.7. The molecule has 0 aliphatic rings. The molecule has 0 aliphatic carbocycles. The highest BCUT2D eigenvalue weighted by Gasteiger charge is 2.27. The van der Waals surface area contributed by atoms with Crippen molar-refractivity contribution in [2.45, 2.75) is 0 Å². The second-order valence-electron chi connectivity index (χ2n) is 10.1. The predicted octanol–water partition coefficient (Wildman–Crippen LogP) is 7.91. The molecule has 8 heteroatoms. The number of hydrogen-bond acceptors (Lipinski definition) is 6. The minimum Gasteiger partial charge on any atom is -0.439 e. The van der Waals surface area contributed by atoms with Gasteiger partial charge < -0.3 is 8.83 Å². The normalized spacial score (nSPS) is 11.8. The molecule has 0 amide bonds. The zero-order chi connectivity index (χ0) is 27.9. The number of benzene rings is 4. The van der Waals surface area contributed by atoms with Crippen LogP contribution < -0.4 is 0 Å². The lowest BCUT2D eigenvalue weighted by molar-refractivity contribution is 0.639. The quantitative estimate of drug-likeness (QED) is 0.220. The number of nitriles is 2. The minimum absolute atomic E-state index is 0.0501. The minimum atomic E-state index is 0.0501. The zero-order valence-electron chi connectivity index (χ0n) is 21.7. The van der Waals surface area contributed by atoms with Crippen molar-refractivity contribution in [2.24, 2.45) is 0 Å². The Labute approximate surface area is 236 Å². The maximum atomic E-state index is 10.4. The highest BCUT2D eigenvalue weighted by molar-refractivity contribution is 6.21. The molecule has 5 aromatic heterocycles. The zero-order valence-corrected chi connectivity index (χ0v) is 21.7. The monoisotopic (exact) mass is 540 g/mol. The average molecular weight is 541 g/mol. The van der Waals surface area contributed by atoms with Crippen molar-refractivity contribution < 1.29 is 8.83 Å². The van der Waals surface area contributed by atoms with Crippen molar-refractivity contribution in [3.8, 4) is 23.8 Å². The van der Waals surface area contributed by atoms with Gasteiger partial charge in [0.2, 0.25) is 11.4 Å². The van der Waals surface area contributed by atoms with E-state index >= 15 is 0 Å². The molecule has 0 aliphatic heterocycles. The smallest absolute Gasteiger partial charge is 0.215 e. The summed E-state index contributed by atoms with van der Waals surface area (Å²) in [6.07, 6.45) is 0. The molecular formula is C34H16N6O2. The van der Waals surface area contributed by atoms with Crippen LogP contribution in [0.2, 0.25) is 0 Å². The highest BCUT2D eigenvalue weighted by atomic mass is 16.3. The summed E-state index contributed by atoms with van der Waals surface area (Å²) < 4.78 is 16.2. The molecule has 42 heavy (non-hydrogen) atoms. The number of nitrogens with zero attached hydrogens (tertiary/aromatic N) is 6. The van der Waals surface area contributed by atoms with Crippen LogP contribution in [0.5, 0.6) is 0 Å². The highest BCUT2D eigenvalue weighted by Crippen LogP contribution is 2.41. The molecule has 0 saturated heterocycles. The van der Waals surface area contributed by atoms with E-state index in [1.165, 1.54) is 0 Å². The summed E-state index contributed by atoms with van der Waals surface area (Å²) in [6.45, 7) is 0. The van der Waals surface area contributed by atoms with Gasteiger partial charge in [-0.3, -0.25) is 9.13 Å². The van der Waals surface area contributed by atoms with Gasteiger partial charge in [-0.15, -0.1) is 0 Å². The van der Waals surface area contributed by atoms with Crippen LogP contribution in [0.1, 0.15) is 11.4 Å². The lowest BCUT2D eigenvalue weighted by atomic mass is 10.1. The van der Waals surface area contributed by atoms with Crippen LogP contribution in [0.25, 0.3) is 77.6 Å². The van der Waals surface area contributed by atoms with E-state index in [1.807, 2.05) is 97.1 Å². The summed E-state index contributed by atoms with van der Waals surface area (Å²) in [5.41, 5.74) is 4.20. The summed E-state index contributed by atoms with van der Waals surface area (Å²) in [5, 5.41) is 26.5. The first kappa shape index (κ1) is 22.4. The van der Waals surface area contributed by atoms with Gasteiger partial charge in [0.1, 0.15) is 23.3 Å². The Hall–Kier alpha value is -6.38. The van der Waals surface area contributed by atoms with Crippen LogP contribution in [-0.4, -0.2) is 19.1 Å². The van der Waals surface area contributed by atoms with Crippen molar-refractivity contribution in [2.75, 3.05) is 0 Å². The SMILES string of the molecule is N#Cc1nc(-n2c3ccccc3c3c4ccccc4oc32)c(C#N)nc1-n1c2ccccc2c2c3ccccc3oc21. The summed E-state index contributed by atoms with van der Waals surface area (Å²) in [5.74, 6) is 0.445. The molecule has 8 nitrogen and oxygen atoms in total. The van der Waals surface area contributed by atoms with E-state index < -0.39 is 0 Å². The van der Waals surface area contributed by atoms with Gasteiger partial charge >= 0.3 is 0 Å². The van der Waals surface area contributed by atoms with Gasteiger partial charge in [0.25, 0.3) is 0 Å². The van der Waals surface area contributed by atoms with E-state index in [0.717, 1.165) is 54.5 Å². The molecule has 0 atom stereocenters. The number of hydrogen-bond donors (Lipinski definition) is 0. The second kappa shape index (κ2) is 8.07. The molecule has 194 valence electrons. The van der Waals surface area contributed by atoms with Crippen LogP contribution in [-0.2, 0) is 0 Å². The number of fused-ring (bicyclic) bond motifs is 10. The second-order valence-corrected chi connectivity index (χ2v) is 10.1. The van der Waals surface area contributed by atoms with Gasteiger partial charge in [-0.1, -0.05) is 72.8 Å². The standard InChI is InChI=1S/C34H16N6O2/c35-17-23-31(39-25-13-5-1-9-19(25)29-21-11-3-7-15-27(21)41-33(29)39)37-24(18-36)32(38-23)40-26-14-6-2-10-20(26)30-22-12-4-8-16-28(22)42-34(30)40/h1-16H. The third kappa shape index (κ3) is 2.77. The van der Waals surface area contributed by atoms with Crippen LogP contribution in [0, 0.1) is 22.7 Å². The molecule has 0 spiro atoms. The van der Waals surface area contributed by atoms with Gasteiger partial charge in [-0.25, -0.2) is 9.97 Å². The number of furan rings is 2. The Kier molecular flexibility index (Phi) is 4.31. The third-order valence-electron chi connectivity index (χ3n) is 7.88. The van der Waals surface area contributed by atoms with Crippen molar-refractivity contribution >= 4 is 65.9 Å². The maximum Gasteiger partial charge on any atom is 0.215 e. The predicted molar refractivity (Wildman–Crippen MR) is 160 cm³/mol. The maximum absolute atomic E-state index is 10.4. The van der Waals surface area contributed by atoms with Gasteiger partial charge in [-0.05, 0) is 24.3 Å². The van der Waals surface area contributed by atoms with Crippen molar-refractivity contribution in [3.05, 3.63) is 108 Å². The van der Waals surface area contributed by atoms with Gasteiger partial charge in [-0.2, -0.15) is 10.5 Å². The average Bonchev–Trinajstić information content (AvgIpc) is 3.76. The first-order valence-corrected chi connectivity index (χ1v) is 13.3. The molecule has 9 aromatic rings. The van der Waals surface area contributed by atoms with Crippen molar-refractivity contribution in [1.82, 2.24) is 19.1 Å². The van der Waals surface area contributed by atoms with E-state index in [0.29, 0.717) is 11.4 Å². The van der Waals surface area contributed by atoms with Crippen molar-refractivity contribution in [1.29, 1.82) is 10.5 Å². The van der Waals surface area contributed by atoms with Gasteiger partial charge in [0, 0.05) is 21.5 Å². The largest absolute Gasteiger partial charge is 0.439 e. The fourth-order valence-electron chi connectivity index (χ4n) is 6.18. The number of aromatic nitrogens is 4. The first-order valence-electron chi connectivity index (χ1n) is 13.3. The third-order valence-corrected chi connectivity index (χ3v) is 7.88. The number of rotatable bonds is 2. The Balaban J connectivity index is 1.40. The fourth-order valence-corrected chi connectivity index (χ4v) is 6.18. The van der Waals surface area contributed by atoms with E-state index in [2.05, 4.69) is 12.1 Å². The van der Waals surface area contributed by atoms with E-state index in [-0.39, 0.29) is 23.0 Å². The van der Waals surface area contributed by atoms with Crippen LogP contribution >= 0.6 is 0 Å². The summed E-state index contributed by atoms with van der Waals surface area (Å²) in [7, 11) is 0. The van der Waals surface area contributed by atoms with Crippen LogP contribution in [0.4, 0.5) is 0 Å². The van der Waals surface area contributed by atoms with Gasteiger partial charge in [0.05, 0.1) is 21.8 Å². The topological polar surface area (TPSA) is 109 Å². The first-order chi connectivity index (χ1) is 20.8. The Morgan fingerprint density at radius 1 is 0.500 bits per heavy atom. The van der Waals surface area contributed by atoms with Crippen LogP contribution in [0.3, 0.4) is 0 Å². The molecule has 0 fully saturated rings. The fraction of sp³-hybridized carbons (Fsp3) is 0. The Morgan fingerprint density at radius 2 is 0.881 bits per heavy atom. The molecule has 0 bridgehead atoms. The van der Waals surface area contributed by atoms with Gasteiger partial charge in [0.15, 0.2) is 23.0 Å². The van der Waals surface area contributed by atoms with E-state index in [4.69, 9.17) is 18.8 Å². The summed E-state index contributed by atoms with van der Waals surface area (Å²) >= 11 is 0. The Bertz CT molecular complexity index is 2490. The summed E-state index contributed by atoms with van der Waals surface area (Å²) in [4.78, 5) is 9.59. The lowest BCUT2D eigenvalue weighted by Crippen LogP contribution is -2.10. The molecule has 0 saturated carbocycles. The van der Waals surface area contributed by atoms with E-state index in [9.17, 15) is 10.5 Å². The molecule has 0 N–H and O–H groups in total. The Morgan fingerprint density at radius 3 is 1.31 bits per heavy atom. The molecule has 0 unspecified atom stereocenters. The van der Waals surface area contributed by atoms with Crippen LogP contribution in [0.15, 0.2) is 106 Å².